The average molecular weight is 548 g/mol. The van der Waals surface area contributed by atoms with Crippen LogP contribution in [0.2, 0.25) is 5.02 Å². The molecule has 0 spiro atoms. The third-order valence-corrected chi connectivity index (χ3v) is 7.40. The summed E-state index contributed by atoms with van der Waals surface area (Å²) in [5.41, 5.74) is -0.962. The summed E-state index contributed by atoms with van der Waals surface area (Å²) in [5, 5.41) is 4.57. The molecule has 2 saturated heterocycles. The van der Waals surface area contributed by atoms with Crippen molar-refractivity contribution in [2.24, 2.45) is 0 Å². The quantitative estimate of drug-likeness (QED) is 0.215. The number of hydrogen-bond donors (Lipinski definition) is 2. The summed E-state index contributed by atoms with van der Waals surface area (Å²) in [6.07, 6.45) is 1.94. The molecular weight excluding hydrogens is 523 g/mol. The van der Waals surface area contributed by atoms with Crippen LogP contribution >= 0.6 is 23.1 Å². The third kappa shape index (κ3) is 5.53. The van der Waals surface area contributed by atoms with E-state index in [9.17, 15) is 22.8 Å². The summed E-state index contributed by atoms with van der Waals surface area (Å²) in [6.45, 7) is 2.62. The molecule has 2 amide bonds. The van der Waals surface area contributed by atoms with Crippen LogP contribution in [0.4, 0.5) is 23.0 Å². The van der Waals surface area contributed by atoms with E-state index in [1.165, 1.54) is 6.42 Å². The van der Waals surface area contributed by atoms with Crippen molar-refractivity contribution >= 4 is 40.1 Å². The van der Waals surface area contributed by atoms with Gasteiger partial charge in [-0.2, -0.15) is 4.37 Å². The number of nitrogens with one attached hydrogen (secondary N) is 2. The van der Waals surface area contributed by atoms with Gasteiger partial charge in [-0.3, -0.25) is 10.2 Å². The molecule has 2 aromatic rings. The largest absolute Gasteiger partial charge is 0.471 e. The monoisotopic (exact) mass is 547 g/mol. The number of anilines is 1. The number of amides is 2. The highest BCUT2D eigenvalue weighted by atomic mass is 35.5. The predicted octanol–water partition coefficient (Wildman–Crippen LogP) is 3.48. The Labute approximate surface area is 214 Å². The summed E-state index contributed by atoms with van der Waals surface area (Å²) >= 11 is 6.15. The first-order valence-corrected chi connectivity index (χ1v) is 12.4. The number of ether oxygens (including phenoxy) is 2. The molecule has 1 aromatic heterocycles. The van der Waals surface area contributed by atoms with Crippen LogP contribution in [0.1, 0.15) is 28.8 Å². The van der Waals surface area contributed by atoms with E-state index in [0.717, 1.165) is 44.7 Å². The van der Waals surface area contributed by atoms with Gasteiger partial charge in [0.05, 0.1) is 17.7 Å². The molecule has 2 unspecified atom stereocenters. The van der Waals surface area contributed by atoms with Gasteiger partial charge in [0.2, 0.25) is 5.88 Å². The number of piperazine rings is 1. The van der Waals surface area contributed by atoms with E-state index >= 15 is 0 Å². The van der Waals surface area contributed by atoms with E-state index in [4.69, 9.17) is 21.1 Å². The van der Waals surface area contributed by atoms with Crippen molar-refractivity contribution in [3.8, 4) is 5.88 Å². The van der Waals surface area contributed by atoms with Gasteiger partial charge in [0.15, 0.2) is 17.2 Å². The van der Waals surface area contributed by atoms with Crippen LogP contribution in [0.3, 0.4) is 0 Å². The Bertz CT molecular complexity index is 1150. The molecule has 3 heterocycles. The lowest BCUT2D eigenvalue weighted by molar-refractivity contribution is 0.0596. The SMILES string of the molecule is COC(=O)c1c(OCc2c(F)cc(Cl)c(F)c2F)nsc1NC(=O)NCCCN1CC2CC1CN2C. The maximum absolute atomic E-state index is 14.1. The Kier molecular flexibility index (Phi) is 8.23. The van der Waals surface area contributed by atoms with Crippen molar-refractivity contribution in [1.82, 2.24) is 19.5 Å². The molecule has 36 heavy (non-hydrogen) atoms. The maximum atomic E-state index is 14.1. The molecule has 0 radical (unpaired) electrons. The highest BCUT2D eigenvalue weighted by Crippen LogP contribution is 2.33. The third-order valence-electron chi connectivity index (χ3n) is 6.38. The van der Waals surface area contributed by atoms with Crippen molar-refractivity contribution in [2.75, 3.05) is 45.7 Å². The van der Waals surface area contributed by atoms with Gasteiger partial charge in [0, 0.05) is 38.3 Å². The molecule has 0 aliphatic carbocycles. The Morgan fingerprint density at radius 1 is 1.25 bits per heavy atom. The molecule has 2 atom stereocenters. The molecule has 2 bridgehead atoms. The first kappa shape index (κ1) is 26.5. The number of esters is 1. The van der Waals surface area contributed by atoms with E-state index in [2.05, 4.69) is 31.9 Å². The highest BCUT2D eigenvalue weighted by Gasteiger charge is 2.40. The molecule has 0 saturated carbocycles. The van der Waals surface area contributed by atoms with Crippen molar-refractivity contribution in [2.45, 2.75) is 31.5 Å². The number of nitrogens with zero attached hydrogens (tertiary/aromatic N) is 3. The van der Waals surface area contributed by atoms with Crippen LogP contribution in [0, 0.1) is 17.5 Å². The number of carbonyl (C=O) groups excluding carboxylic acids is 2. The molecule has 2 aliphatic heterocycles. The van der Waals surface area contributed by atoms with Gasteiger partial charge in [0.25, 0.3) is 0 Å². The first-order valence-electron chi connectivity index (χ1n) is 11.2. The van der Waals surface area contributed by atoms with Crippen LogP contribution in [-0.2, 0) is 11.3 Å². The molecule has 196 valence electrons. The number of carbonyl (C=O) groups is 2. The molecule has 2 fully saturated rings. The lowest BCUT2D eigenvalue weighted by Crippen LogP contribution is -2.45. The van der Waals surface area contributed by atoms with Crippen molar-refractivity contribution in [1.29, 1.82) is 0 Å². The van der Waals surface area contributed by atoms with Gasteiger partial charge in [0.1, 0.15) is 17.4 Å². The zero-order chi connectivity index (χ0) is 26.0. The number of likely N-dealkylation sites (N-methyl/N-ethyl adjacent to an activating group) is 1. The van der Waals surface area contributed by atoms with Crippen molar-refractivity contribution < 1.29 is 32.2 Å². The standard InChI is InChI=1S/C22H25ClF3N5O4S/c1-30-8-12-6-11(30)9-31(12)5-3-4-27-22(33)28-20-16(21(32)34-2)19(29-36-20)35-10-13-15(24)7-14(23)18(26)17(13)25/h7,11-12H,3-6,8-10H2,1-2H3,(H2,27,28,33). The van der Waals surface area contributed by atoms with Crippen molar-refractivity contribution in [3.05, 3.63) is 39.7 Å². The number of methoxy groups -OCH3 is 1. The van der Waals surface area contributed by atoms with E-state index in [1.54, 1.807) is 0 Å². The number of aromatic nitrogens is 1. The molecule has 2 aliphatic rings. The van der Waals surface area contributed by atoms with Crippen molar-refractivity contribution in [3.63, 3.8) is 0 Å². The lowest BCUT2D eigenvalue weighted by Gasteiger charge is -2.31. The lowest BCUT2D eigenvalue weighted by atomic mass is 10.2. The van der Waals surface area contributed by atoms with Crippen LogP contribution in [0.5, 0.6) is 5.88 Å². The molecule has 14 heteroatoms. The Morgan fingerprint density at radius 3 is 2.69 bits per heavy atom. The summed E-state index contributed by atoms with van der Waals surface area (Å²) in [7, 11) is 3.25. The average Bonchev–Trinajstić information content (AvgIpc) is 3.54. The Hall–Kier alpha value is -2.61. The van der Waals surface area contributed by atoms with Crippen LogP contribution in [0.25, 0.3) is 0 Å². The zero-order valence-electron chi connectivity index (χ0n) is 19.6. The molecule has 1 aromatic carbocycles. The Morgan fingerprint density at radius 2 is 2.03 bits per heavy atom. The van der Waals surface area contributed by atoms with E-state index in [1.807, 2.05) is 0 Å². The van der Waals surface area contributed by atoms with Gasteiger partial charge in [-0.25, -0.2) is 22.8 Å². The minimum absolute atomic E-state index is 0.0254. The van der Waals surface area contributed by atoms with Gasteiger partial charge < -0.3 is 19.7 Å². The number of hydrogen-bond acceptors (Lipinski definition) is 8. The fourth-order valence-electron chi connectivity index (χ4n) is 4.47. The number of urea groups is 1. The fourth-order valence-corrected chi connectivity index (χ4v) is 5.37. The summed E-state index contributed by atoms with van der Waals surface area (Å²) < 4.78 is 55.8. The van der Waals surface area contributed by atoms with E-state index in [-0.39, 0.29) is 16.4 Å². The number of rotatable bonds is 9. The molecule has 9 nitrogen and oxygen atoms in total. The second kappa shape index (κ2) is 11.2. The van der Waals surface area contributed by atoms with Crippen LogP contribution in [-0.4, -0.2) is 78.6 Å². The Balaban J connectivity index is 1.33. The normalized spacial score (nSPS) is 19.5. The first-order chi connectivity index (χ1) is 17.2. The second-order valence-electron chi connectivity index (χ2n) is 8.63. The number of likely N-dealkylation sites (tertiary alicyclic amines) is 2. The van der Waals surface area contributed by atoms with Gasteiger partial charge >= 0.3 is 12.0 Å². The summed E-state index contributed by atoms with van der Waals surface area (Å²) in [6, 6.07) is 1.23. The van der Waals surface area contributed by atoms with E-state index in [0.29, 0.717) is 24.7 Å². The fraction of sp³-hybridized carbons (Fsp3) is 0.500. The summed E-state index contributed by atoms with van der Waals surface area (Å²) in [5.74, 6) is -5.27. The predicted molar refractivity (Wildman–Crippen MR) is 127 cm³/mol. The number of benzene rings is 1. The minimum Gasteiger partial charge on any atom is -0.471 e. The minimum atomic E-state index is -1.51. The molecule has 4 rings (SSSR count). The summed E-state index contributed by atoms with van der Waals surface area (Å²) in [4.78, 5) is 29.5. The topological polar surface area (TPSA) is 96.0 Å². The smallest absolute Gasteiger partial charge is 0.346 e. The van der Waals surface area contributed by atoms with Crippen LogP contribution in [0.15, 0.2) is 6.07 Å². The van der Waals surface area contributed by atoms with E-state index < -0.39 is 46.6 Å². The molecular formula is C22H25ClF3N5O4S. The molecule has 2 N–H and O–H groups in total. The van der Waals surface area contributed by atoms with Gasteiger partial charge in [-0.1, -0.05) is 11.6 Å². The second-order valence-corrected chi connectivity index (χ2v) is 9.81. The number of halogens is 4. The van der Waals surface area contributed by atoms with Gasteiger partial charge in [-0.05, 0) is 37.5 Å². The zero-order valence-corrected chi connectivity index (χ0v) is 21.1. The maximum Gasteiger partial charge on any atom is 0.346 e. The number of fused-ring (bicyclic) bond motifs is 2. The highest BCUT2D eigenvalue weighted by molar-refractivity contribution is 7.11. The van der Waals surface area contributed by atoms with Gasteiger partial charge in [-0.15, -0.1) is 0 Å². The van der Waals surface area contributed by atoms with Crippen LogP contribution < -0.4 is 15.4 Å².